The first-order valence-electron chi connectivity index (χ1n) is 10.7. The van der Waals surface area contributed by atoms with E-state index in [1.807, 2.05) is 62.4 Å². The van der Waals surface area contributed by atoms with Crippen LogP contribution in [0.4, 0.5) is 5.69 Å². The van der Waals surface area contributed by atoms with Crippen LogP contribution >= 0.6 is 0 Å². The van der Waals surface area contributed by atoms with Crippen LogP contribution in [0.5, 0.6) is 5.75 Å². The van der Waals surface area contributed by atoms with Crippen LogP contribution in [0.25, 0.3) is 17.1 Å². The Bertz CT molecular complexity index is 1240. The molecule has 1 amide bonds. The summed E-state index contributed by atoms with van der Waals surface area (Å²) in [6, 6.07) is 15.0. The normalized spacial score (nSPS) is 13.2. The summed E-state index contributed by atoms with van der Waals surface area (Å²) in [4.78, 5) is 17.2. The predicted octanol–water partition coefficient (Wildman–Crippen LogP) is 4.76. The van der Waals surface area contributed by atoms with Gasteiger partial charge in [-0.1, -0.05) is 5.16 Å². The highest BCUT2D eigenvalue weighted by Gasteiger charge is 2.29. The lowest BCUT2D eigenvalue weighted by Gasteiger charge is -2.06. The maximum atomic E-state index is 12.8. The fraction of sp³-hybridized carbons (Fsp3) is 0.250. The first-order valence-corrected chi connectivity index (χ1v) is 10.7. The standard InChI is InChI=1S/C24H23N5O3/c1-3-31-20-12-8-18(9-13-20)25-23(30)21-14-29(27-15(21)2)19-10-6-16(7-11-19)22-26-24(32-28-22)17-4-5-17/h6-14,17H,3-5H2,1-2H3,(H,25,30). The molecule has 1 aliphatic carbocycles. The molecule has 1 aliphatic rings. The third kappa shape index (κ3) is 4.12. The molecule has 0 saturated heterocycles. The fourth-order valence-electron chi connectivity index (χ4n) is 3.43. The molecule has 1 saturated carbocycles. The molecular weight excluding hydrogens is 406 g/mol. The van der Waals surface area contributed by atoms with E-state index in [0.29, 0.717) is 35.3 Å². The zero-order valence-electron chi connectivity index (χ0n) is 17.9. The van der Waals surface area contributed by atoms with Gasteiger partial charge in [-0.3, -0.25) is 4.79 Å². The maximum Gasteiger partial charge on any atom is 0.259 e. The minimum atomic E-state index is -0.214. The maximum absolute atomic E-state index is 12.8. The van der Waals surface area contributed by atoms with Crippen molar-refractivity contribution in [1.82, 2.24) is 19.9 Å². The largest absolute Gasteiger partial charge is 0.494 e. The molecule has 162 valence electrons. The van der Waals surface area contributed by atoms with Gasteiger partial charge in [0, 0.05) is 23.4 Å². The Morgan fingerprint density at radius 2 is 1.91 bits per heavy atom. The van der Waals surface area contributed by atoms with Crippen molar-refractivity contribution >= 4 is 11.6 Å². The smallest absolute Gasteiger partial charge is 0.259 e. The van der Waals surface area contributed by atoms with Gasteiger partial charge in [-0.25, -0.2) is 4.68 Å². The predicted molar refractivity (Wildman–Crippen MR) is 119 cm³/mol. The molecule has 0 bridgehead atoms. The van der Waals surface area contributed by atoms with Gasteiger partial charge in [0.05, 0.1) is 23.6 Å². The zero-order valence-corrected chi connectivity index (χ0v) is 17.9. The van der Waals surface area contributed by atoms with E-state index < -0.39 is 0 Å². The van der Waals surface area contributed by atoms with Gasteiger partial charge in [-0.05, 0) is 75.2 Å². The van der Waals surface area contributed by atoms with Gasteiger partial charge in [-0.15, -0.1) is 0 Å². The molecule has 32 heavy (non-hydrogen) atoms. The first kappa shape index (κ1) is 20.0. The van der Waals surface area contributed by atoms with Crippen LogP contribution in [0.15, 0.2) is 59.3 Å². The Kier molecular flexibility index (Phi) is 5.18. The molecule has 0 spiro atoms. The summed E-state index contributed by atoms with van der Waals surface area (Å²) in [7, 11) is 0. The van der Waals surface area contributed by atoms with Crippen molar-refractivity contribution in [2.75, 3.05) is 11.9 Å². The SMILES string of the molecule is CCOc1ccc(NC(=O)c2cn(-c3ccc(-c4noc(C5CC5)n4)cc3)nc2C)cc1. The number of nitrogens with zero attached hydrogens (tertiary/aromatic N) is 4. The number of ether oxygens (including phenoxy) is 1. The van der Waals surface area contributed by atoms with E-state index in [-0.39, 0.29) is 5.91 Å². The van der Waals surface area contributed by atoms with E-state index in [4.69, 9.17) is 9.26 Å². The summed E-state index contributed by atoms with van der Waals surface area (Å²) < 4.78 is 12.5. The molecule has 0 atom stereocenters. The van der Waals surface area contributed by atoms with E-state index >= 15 is 0 Å². The van der Waals surface area contributed by atoms with Gasteiger partial charge in [0.15, 0.2) is 0 Å². The third-order valence-corrected chi connectivity index (χ3v) is 5.33. The number of hydrogen-bond acceptors (Lipinski definition) is 6. The lowest BCUT2D eigenvalue weighted by atomic mass is 10.2. The Balaban J connectivity index is 1.30. The van der Waals surface area contributed by atoms with Crippen molar-refractivity contribution in [1.29, 1.82) is 0 Å². The lowest BCUT2D eigenvalue weighted by molar-refractivity contribution is 0.102. The van der Waals surface area contributed by atoms with E-state index in [9.17, 15) is 4.79 Å². The Morgan fingerprint density at radius 1 is 1.16 bits per heavy atom. The molecule has 0 radical (unpaired) electrons. The summed E-state index contributed by atoms with van der Waals surface area (Å²) in [6.07, 6.45) is 3.97. The van der Waals surface area contributed by atoms with Crippen LogP contribution in [-0.4, -0.2) is 32.4 Å². The highest BCUT2D eigenvalue weighted by molar-refractivity contribution is 6.04. The third-order valence-electron chi connectivity index (χ3n) is 5.33. The van der Waals surface area contributed by atoms with E-state index in [1.54, 1.807) is 10.9 Å². The van der Waals surface area contributed by atoms with Gasteiger partial charge in [0.2, 0.25) is 11.7 Å². The van der Waals surface area contributed by atoms with Crippen molar-refractivity contribution in [3.8, 4) is 22.8 Å². The number of aromatic nitrogens is 4. The van der Waals surface area contributed by atoms with Crippen molar-refractivity contribution < 1.29 is 14.1 Å². The average Bonchev–Trinajstić information content (AvgIpc) is 3.40. The number of rotatable bonds is 7. The zero-order chi connectivity index (χ0) is 22.1. The Morgan fingerprint density at radius 3 is 2.59 bits per heavy atom. The van der Waals surface area contributed by atoms with E-state index in [0.717, 1.165) is 35.7 Å². The first-order chi connectivity index (χ1) is 15.6. The van der Waals surface area contributed by atoms with Crippen LogP contribution in [-0.2, 0) is 0 Å². The Labute approximate surface area is 185 Å². The van der Waals surface area contributed by atoms with Crippen LogP contribution in [0.1, 0.15) is 47.6 Å². The van der Waals surface area contributed by atoms with Crippen molar-refractivity contribution in [3.05, 3.63) is 71.9 Å². The second-order valence-corrected chi connectivity index (χ2v) is 7.76. The minimum Gasteiger partial charge on any atom is -0.494 e. The number of carbonyl (C=O) groups excluding carboxylic acids is 1. The molecule has 8 nitrogen and oxygen atoms in total. The molecule has 2 heterocycles. The summed E-state index contributed by atoms with van der Waals surface area (Å²) in [5.74, 6) is 2.28. The van der Waals surface area contributed by atoms with Crippen molar-refractivity contribution in [2.24, 2.45) is 0 Å². The number of aryl methyl sites for hydroxylation is 1. The average molecular weight is 429 g/mol. The van der Waals surface area contributed by atoms with E-state index in [1.165, 1.54) is 0 Å². The van der Waals surface area contributed by atoms with Gasteiger partial charge in [0.25, 0.3) is 5.91 Å². The molecular formula is C24H23N5O3. The second-order valence-electron chi connectivity index (χ2n) is 7.76. The summed E-state index contributed by atoms with van der Waals surface area (Å²) in [6.45, 7) is 4.35. The summed E-state index contributed by atoms with van der Waals surface area (Å²) in [5, 5.41) is 11.5. The summed E-state index contributed by atoms with van der Waals surface area (Å²) >= 11 is 0. The van der Waals surface area contributed by atoms with Gasteiger partial charge in [-0.2, -0.15) is 10.1 Å². The number of nitrogens with one attached hydrogen (secondary N) is 1. The fourth-order valence-corrected chi connectivity index (χ4v) is 3.43. The molecule has 5 rings (SSSR count). The van der Waals surface area contributed by atoms with Gasteiger partial charge in [0.1, 0.15) is 5.75 Å². The highest BCUT2D eigenvalue weighted by atomic mass is 16.5. The van der Waals surface area contributed by atoms with Crippen LogP contribution in [0.3, 0.4) is 0 Å². The lowest BCUT2D eigenvalue weighted by Crippen LogP contribution is -2.12. The molecule has 2 aromatic carbocycles. The number of hydrogen-bond donors (Lipinski definition) is 1. The molecule has 2 aromatic heterocycles. The van der Waals surface area contributed by atoms with Crippen molar-refractivity contribution in [2.45, 2.75) is 32.6 Å². The Hall–Kier alpha value is -3.94. The van der Waals surface area contributed by atoms with Crippen LogP contribution in [0, 0.1) is 6.92 Å². The second kappa shape index (κ2) is 8.30. The van der Waals surface area contributed by atoms with Crippen LogP contribution < -0.4 is 10.1 Å². The summed E-state index contributed by atoms with van der Waals surface area (Å²) in [5.41, 5.74) is 3.56. The number of amides is 1. The molecule has 0 unspecified atom stereocenters. The molecule has 4 aromatic rings. The van der Waals surface area contributed by atoms with Gasteiger partial charge >= 0.3 is 0 Å². The highest BCUT2D eigenvalue weighted by Crippen LogP contribution is 2.39. The quantitative estimate of drug-likeness (QED) is 0.455. The monoisotopic (exact) mass is 429 g/mol. The van der Waals surface area contributed by atoms with Crippen LogP contribution in [0.2, 0.25) is 0 Å². The number of carbonyl (C=O) groups is 1. The topological polar surface area (TPSA) is 95.1 Å². The number of benzene rings is 2. The number of anilines is 1. The minimum absolute atomic E-state index is 0.214. The van der Waals surface area contributed by atoms with E-state index in [2.05, 4.69) is 20.6 Å². The molecule has 1 fully saturated rings. The van der Waals surface area contributed by atoms with Gasteiger partial charge < -0.3 is 14.6 Å². The molecule has 1 N–H and O–H groups in total. The molecule has 0 aliphatic heterocycles. The van der Waals surface area contributed by atoms with Crippen molar-refractivity contribution in [3.63, 3.8) is 0 Å². The molecule has 8 heteroatoms.